The van der Waals surface area contributed by atoms with E-state index in [-0.39, 0.29) is 28.9 Å². The Hall–Kier alpha value is -2.41. The number of fused-ring (bicyclic) bond motifs is 2. The van der Waals surface area contributed by atoms with Crippen molar-refractivity contribution in [2.75, 3.05) is 11.1 Å². The van der Waals surface area contributed by atoms with E-state index in [2.05, 4.69) is 16.5 Å². The minimum atomic E-state index is -0.240. The van der Waals surface area contributed by atoms with E-state index in [0.717, 1.165) is 16.9 Å². The van der Waals surface area contributed by atoms with Crippen LogP contribution in [0.15, 0.2) is 34.6 Å². The quantitative estimate of drug-likeness (QED) is 0.849. The lowest BCUT2D eigenvalue weighted by molar-refractivity contribution is -0.113. The molecule has 0 spiro atoms. The first kappa shape index (κ1) is 17.0. The highest BCUT2D eigenvalue weighted by Gasteiger charge is 2.35. The molecule has 136 valence electrons. The van der Waals surface area contributed by atoms with Crippen molar-refractivity contribution in [3.8, 4) is 5.75 Å². The van der Waals surface area contributed by atoms with E-state index in [0.29, 0.717) is 17.1 Å². The fourth-order valence-corrected chi connectivity index (χ4v) is 4.67. The zero-order valence-electron chi connectivity index (χ0n) is 14.9. The number of ether oxygens (including phenoxy) is 1. The highest BCUT2D eigenvalue weighted by molar-refractivity contribution is 8.00. The molecule has 1 aromatic carbocycles. The zero-order valence-corrected chi connectivity index (χ0v) is 15.7. The van der Waals surface area contributed by atoms with Gasteiger partial charge in [0.2, 0.25) is 5.91 Å². The predicted molar refractivity (Wildman–Crippen MR) is 104 cm³/mol. The number of benzene rings is 1. The van der Waals surface area contributed by atoms with Crippen LogP contribution in [-0.4, -0.2) is 27.5 Å². The third-order valence-corrected chi connectivity index (χ3v) is 5.97. The largest absolute Gasteiger partial charge is 0.486 e. The lowest BCUT2D eigenvalue weighted by Gasteiger charge is -2.28. The molecular weight excluding hydrogens is 350 g/mol. The number of nitrogens with zero attached hydrogens (tertiary/aromatic N) is 1. The van der Waals surface area contributed by atoms with Crippen molar-refractivity contribution >= 4 is 29.6 Å². The molecule has 0 aliphatic carbocycles. The van der Waals surface area contributed by atoms with Crippen molar-refractivity contribution in [2.24, 2.45) is 0 Å². The average Bonchev–Trinajstić information content (AvgIpc) is 2.81. The molecule has 26 heavy (non-hydrogen) atoms. The van der Waals surface area contributed by atoms with Crippen LogP contribution in [0, 0.1) is 0 Å². The maximum absolute atomic E-state index is 12.7. The summed E-state index contributed by atoms with van der Waals surface area (Å²) < 4.78 is 7.80. The van der Waals surface area contributed by atoms with Crippen molar-refractivity contribution in [1.82, 2.24) is 9.78 Å². The molecule has 7 heteroatoms. The summed E-state index contributed by atoms with van der Waals surface area (Å²) in [7, 11) is 0. The number of anilines is 1. The molecule has 0 saturated carbocycles. The number of H-pyrrole nitrogens is 1. The Morgan fingerprint density at radius 1 is 1.27 bits per heavy atom. The summed E-state index contributed by atoms with van der Waals surface area (Å²) in [6.07, 6.45) is 1.91. The molecule has 3 heterocycles. The van der Waals surface area contributed by atoms with E-state index in [9.17, 15) is 9.59 Å². The van der Waals surface area contributed by atoms with Gasteiger partial charge in [-0.1, -0.05) is 18.2 Å². The minimum Gasteiger partial charge on any atom is -0.486 e. The van der Waals surface area contributed by atoms with Crippen LogP contribution in [-0.2, 0) is 4.79 Å². The van der Waals surface area contributed by atoms with Crippen LogP contribution in [0.3, 0.4) is 0 Å². The topological polar surface area (TPSA) is 76.1 Å². The number of rotatable bonds is 2. The molecule has 2 aliphatic rings. The third-order valence-electron chi connectivity index (χ3n) is 4.70. The molecule has 2 atom stereocenters. The number of amides is 1. The molecule has 0 bridgehead atoms. The SMILES string of the molecule is CC1Oc2ccccc2C=C1C1SCC(=O)Nc2c1c(=O)[nH]n2C(C)C. The normalized spacial score (nSPS) is 22.0. The number of nitrogens with one attached hydrogen (secondary N) is 2. The number of para-hydroxylation sites is 1. The van der Waals surface area contributed by atoms with Gasteiger partial charge in [-0.2, -0.15) is 0 Å². The molecule has 2 aromatic rings. The smallest absolute Gasteiger partial charge is 0.270 e. The first-order chi connectivity index (χ1) is 12.5. The second-order valence-corrected chi connectivity index (χ2v) is 7.94. The van der Waals surface area contributed by atoms with E-state index in [4.69, 9.17) is 4.74 Å². The fourth-order valence-electron chi connectivity index (χ4n) is 3.45. The Labute approximate surface area is 155 Å². The number of carbonyl (C=O) groups is 1. The highest BCUT2D eigenvalue weighted by Crippen LogP contribution is 2.45. The van der Waals surface area contributed by atoms with Gasteiger partial charge in [0, 0.05) is 11.6 Å². The molecule has 1 amide bonds. The Kier molecular flexibility index (Phi) is 4.19. The summed E-state index contributed by atoms with van der Waals surface area (Å²) in [5.74, 6) is 1.60. The first-order valence-electron chi connectivity index (χ1n) is 8.68. The van der Waals surface area contributed by atoms with Gasteiger partial charge in [0.25, 0.3) is 5.56 Å². The van der Waals surface area contributed by atoms with Gasteiger partial charge in [-0.25, -0.2) is 0 Å². The average molecular weight is 371 g/mol. The predicted octanol–water partition coefficient (Wildman–Crippen LogP) is 3.35. The van der Waals surface area contributed by atoms with Crippen LogP contribution < -0.4 is 15.6 Å². The van der Waals surface area contributed by atoms with Gasteiger partial charge in [0.15, 0.2) is 0 Å². The van der Waals surface area contributed by atoms with Crippen molar-refractivity contribution in [2.45, 2.75) is 38.2 Å². The van der Waals surface area contributed by atoms with Gasteiger partial charge in [-0.15, -0.1) is 11.8 Å². The maximum atomic E-state index is 12.7. The van der Waals surface area contributed by atoms with Crippen LogP contribution >= 0.6 is 11.8 Å². The van der Waals surface area contributed by atoms with Gasteiger partial charge >= 0.3 is 0 Å². The van der Waals surface area contributed by atoms with Crippen LogP contribution in [0.25, 0.3) is 6.08 Å². The van der Waals surface area contributed by atoms with Gasteiger partial charge in [0.1, 0.15) is 17.7 Å². The number of aromatic nitrogens is 2. The van der Waals surface area contributed by atoms with Crippen molar-refractivity contribution in [1.29, 1.82) is 0 Å². The highest BCUT2D eigenvalue weighted by atomic mass is 32.2. The molecule has 1 aromatic heterocycles. The molecule has 6 nitrogen and oxygen atoms in total. The molecular formula is C19H21N3O3S. The number of hydrogen-bond donors (Lipinski definition) is 2. The number of aromatic amines is 1. The molecule has 0 fully saturated rings. The summed E-state index contributed by atoms with van der Waals surface area (Å²) in [4.78, 5) is 25.0. The summed E-state index contributed by atoms with van der Waals surface area (Å²) in [5, 5.41) is 5.53. The lowest BCUT2D eigenvalue weighted by atomic mass is 9.96. The molecule has 2 unspecified atom stereocenters. The third kappa shape index (κ3) is 2.76. The number of thioether (sulfide) groups is 1. The van der Waals surface area contributed by atoms with E-state index in [1.807, 2.05) is 45.0 Å². The zero-order chi connectivity index (χ0) is 18.4. The van der Waals surface area contributed by atoms with Crippen molar-refractivity contribution in [3.05, 3.63) is 51.3 Å². The number of hydrogen-bond acceptors (Lipinski definition) is 4. The fraction of sp³-hybridized carbons (Fsp3) is 0.368. The molecule has 4 rings (SSSR count). The molecule has 0 saturated heterocycles. The van der Waals surface area contributed by atoms with Gasteiger partial charge in [-0.3, -0.25) is 19.4 Å². The standard InChI is InChI=1S/C19H21N3O3S/c1-10(2)22-18-16(19(24)21-22)17(26-9-15(23)20-18)13-8-12-6-4-5-7-14(12)25-11(13)3/h4-8,10-11,17H,9H2,1-3H3,(H,20,23)(H,21,24). The molecule has 2 aliphatic heterocycles. The summed E-state index contributed by atoms with van der Waals surface area (Å²) >= 11 is 1.47. The van der Waals surface area contributed by atoms with E-state index >= 15 is 0 Å². The second-order valence-electron chi connectivity index (χ2n) is 6.85. The molecule has 2 N–H and O–H groups in total. The van der Waals surface area contributed by atoms with E-state index in [1.165, 1.54) is 11.8 Å². The van der Waals surface area contributed by atoms with Gasteiger partial charge in [-0.05, 0) is 38.5 Å². The summed E-state index contributed by atoms with van der Waals surface area (Å²) in [6.45, 7) is 5.92. The Morgan fingerprint density at radius 2 is 2.04 bits per heavy atom. The van der Waals surface area contributed by atoms with Crippen LogP contribution in [0.2, 0.25) is 0 Å². The maximum Gasteiger partial charge on any atom is 0.270 e. The van der Waals surface area contributed by atoms with Crippen molar-refractivity contribution in [3.63, 3.8) is 0 Å². The Morgan fingerprint density at radius 3 is 2.81 bits per heavy atom. The Balaban J connectivity index is 1.87. The second kappa shape index (κ2) is 6.39. The monoisotopic (exact) mass is 371 g/mol. The van der Waals surface area contributed by atoms with Crippen molar-refractivity contribution < 1.29 is 9.53 Å². The summed E-state index contributed by atoms with van der Waals surface area (Å²) in [5.41, 5.74) is 2.42. The number of carbonyl (C=O) groups excluding carboxylic acids is 1. The molecule has 0 radical (unpaired) electrons. The van der Waals surface area contributed by atoms with Crippen LogP contribution in [0.4, 0.5) is 5.82 Å². The van der Waals surface area contributed by atoms with E-state index < -0.39 is 0 Å². The lowest BCUT2D eigenvalue weighted by Crippen LogP contribution is -2.24. The van der Waals surface area contributed by atoms with Crippen LogP contribution in [0.1, 0.15) is 43.2 Å². The Bertz CT molecular complexity index is 957. The van der Waals surface area contributed by atoms with Crippen LogP contribution in [0.5, 0.6) is 5.75 Å². The van der Waals surface area contributed by atoms with Gasteiger partial charge < -0.3 is 10.1 Å². The van der Waals surface area contributed by atoms with E-state index in [1.54, 1.807) is 4.68 Å². The van der Waals surface area contributed by atoms with Gasteiger partial charge in [0.05, 0.1) is 16.6 Å². The first-order valence-corrected chi connectivity index (χ1v) is 9.73. The summed E-state index contributed by atoms with van der Waals surface area (Å²) in [6, 6.07) is 7.88. The minimum absolute atomic E-state index is 0.0326.